The van der Waals surface area contributed by atoms with Crippen LogP contribution in [0.15, 0.2) is 48.5 Å². The molecule has 0 fully saturated rings. The third-order valence-electron chi connectivity index (χ3n) is 4.42. The molecule has 0 spiro atoms. The monoisotopic (exact) mass is 342 g/mol. The average Bonchev–Trinajstić information content (AvgIpc) is 2.61. The molecule has 128 valence electrons. The largest absolute Gasteiger partial charge is 0.303 e. The first kappa shape index (κ1) is 18.7. The number of carbonyl (C=O) groups is 1. The zero-order valence-electron chi connectivity index (χ0n) is 14.3. The molecule has 0 radical (unpaired) electrons. The number of rotatable bonds is 11. The highest BCUT2D eigenvalue weighted by molar-refractivity contribution is 6.30. The van der Waals surface area contributed by atoms with Crippen molar-refractivity contribution >= 4 is 17.9 Å². The van der Waals surface area contributed by atoms with Crippen LogP contribution in [0.2, 0.25) is 5.02 Å². The Labute approximate surface area is 151 Å². The summed E-state index contributed by atoms with van der Waals surface area (Å²) < 4.78 is 0. The Kier molecular flexibility index (Phi) is 8.62. The van der Waals surface area contributed by atoms with Crippen LogP contribution in [0.3, 0.4) is 0 Å². The van der Waals surface area contributed by atoms with Crippen molar-refractivity contribution in [3.8, 4) is 11.1 Å². The molecule has 0 aliphatic carbocycles. The molecule has 2 aromatic carbocycles. The van der Waals surface area contributed by atoms with Gasteiger partial charge in [0.1, 0.15) is 6.29 Å². The third kappa shape index (κ3) is 6.49. The Morgan fingerprint density at radius 3 is 2.25 bits per heavy atom. The molecule has 1 nitrogen and oxygen atoms in total. The van der Waals surface area contributed by atoms with Crippen LogP contribution in [0.4, 0.5) is 0 Å². The van der Waals surface area contributed by atoms with Gasteiger partial charge in [-0.25, -0.2) is 0 Å². The van der Waals surface area contributed by atoms with Crippen molar-refractivity contribution in [3.63, 3.8) is 0 Å². The van der Waals surface area contributed by atoms with E-state index in [2.05, 4.69) is 30.3 Å². The van der Waals surface area contributed by atoms with Gasteiger partial charge in [0.25, 0.3) is 0 Å². The van der Waals surface area contributed by atoms with Crippen molar-refractivity contribution in [2.24, 2.45) is 0 Å². The molecule has 0 amide bonds. The fourth-order valence-electron chi connectivity index (χ4n) is 3.10. The molecule has 0 unspecified atom stereocenters. The van der Waals surface area contributed by atoms with Gasteiger partial charge >= 0.3 is 0 Å². The third-order valence-corrected chi connectivity index (χ3v) is 4.66. The molecular formula is C22H27ClO. The van der Waals surface area contributed by atoms with Gasteiger partial charge < -0.3 is 4.79 Å². The van der Waals surface area contributed by atoms with Crippen molar-refractivity contribution in [3.05, 3.63) is 59.1 Å². The molecule has 0 atom stereocenters. The Morgan fingerprint density at radius 1 is 0.792 bits per heavy atom. The maximum absolute atomic E-state index is 10.3. The Hall–Kier alpha value is -1.60. The van der Waals surface area contributed by atoms with E-state index < -0.39 is 0 Å². The lowest BCUT2D eigenvalue weighted by atomic mass is 9.95. The van der Waals surface area contributed by atoms with Gasteiger partial charge in [-0.1, -0.05) is 80.1 Å². The van der Waals surface area contributed by atoms with Crippen molar-refractivity contribution in [2.75, 3.05) is 0 Å². The summed E-state index contributed by atoms with van der Waals surface area (Å²) in [5.74, 6) is 0. The lowest BCUT2D eigenvalue weighted by Gasteiger charge is -2.10. The van der Waals surface area contributed by atoms with E-state index in [1.165, 1.54) is 55.2 Å². The lowest BCUT2D eigenvalue weighted by Crippen LogP contribution is -1.91. The average molecular weight is 343 g/mol. The van der Waals surface area contributed by atoms with Crippen LogP contribution in [0.5, 0.6) is 0 Å². The van der Waals surface area contributed by atoms with Crippen LogP contribution >= 0.6 is 11.6 Å². The molecule has 0 saturated carbocycles. The SMILES string of the molecule is O=CCCCCCCCCCc1ccccc1-c1cccc(Cl)c1. The van der Waals surface area contributed by atoms with E-state index in [0.29, 0.717) is 0 Å². The Balaban J connectivity index is 1.76. The van der Waals surface area contributed by atoms with Gasteiger partial charge in [0, 0.05) is 11.4 Å². The summed E-state index contributed by atoms with van der Waals surface area (Å²) in [6.45, 7) is 0. The zero-order chi connectivity index (χ0) is 17.0. The number of benzene rings is 2. The standard InChI is InChI=1S/C22H27ClO/c23-21-15-11-14-20(18-21)22-16-9-8-13-19(22)12-7-5-3-1-2-4-6-10-17-24/h8-9,11,13-18H,1-7,10,12H2. The lowest BCUT2D eigenvalue weighted by molar-refractivity contribution is -0.107. The van der Waals surface area contributed by atoms with E-state index in [4.69, 9.17) is 11.6 Å². The summed E-state index contributed by atoms with van der Waals surface area (Å²) in [7, 11) is 0. The van der Waals surface area contributed by atoms with Crippen LogP contribution in [-0.4, -0.2) is 6.29 Å². The van der Waals surface area contributed by atoms with Crippen molar-refractivity contribution < 1.29 is 4.79 Å². The quantitative estimate of drug-likeness (QED) is 0.321. The molecule has 0 aliphatic heterocycles. The molecule has 24 heavy (non-hydrogen) atoms. The van der Waals surface area contributed by atoms with Crippen LogP contribution < -0.4 is 0 Å². The predicted octanol–water partition coefficient (Wildman–Crippen LogP) is 6.87. The number of carbonyl (C=O) groups excluding carboxylic acids is 1. The summed E-state index contributed by atoms with van der Waals surface area (Å²) in [5.41, 5.74) is 3.91. The molecule has 0 saturated heterocycles. The molecule has 0 heterocycles. The topological polar surface area (TPSA) is 17.1 Å². The molecule has 2 heteroatoms. The predicted molar refractivity (Wildman–Crippen MR) is 104 cm³/mol. The number of aldehydes is 1. The van der Waals surface area contributed by atoms with Gasteiger partial charge in [0.15, 0.2) is 0 Å². The Morgan fingerprint density at radius 2 is 1.50 bits per heavy atom. The van der Waals surface area contributed by atoms with Gasteiger partial charge in [-0.2, -0.15) is 0 Å². The maximum atomic E-state index is 10.3. The highest BCUT2D eigenvalue weighted by Crippen LogP contribution is 2.27. The number of aryl methyl sites for hydroxylation is 1. The smallest absolute Gasteiger partial charge is 0.119 e. The minimum absolute atomic E-state index is 0.723. The number of unbranched alkanes of at least 4 members (excludes halogenated alkanes) is 7. The summed E-state index contributed by atoms with van der Waals surface area (Å²) in [5, 5.41) is 0.789. The van der Waals surface area contributed by atoms with E-state index >= 15 is 0 Å². The number of halogens is 1. The molecule has 0 N–H and O–H groups in total. The number of hydrogen-bond acceptors (Lipinski definition) is 1. The number of hydrogen-bond donors (Lipinski definition) is 0. The normalized spacial score (nSPS) is 10.7. The first-order chi connectivity index (χ1) is 11.8. The highest BCUT2D eigenvalue weighted by Gasteiger charge is 2.05. The first-order valence-corrected chi connectivity index (χ1v) is 9.46. The van der Waals surface area contributed by atoms with E-state index in [1.807, 2.05) is 18.2 Å². The fraction of sp³-hybridized carbons (Fsp3) is 0.409. The van der Waals surface area contributed by atoms with E-state index in [9.17, 15) is 4.79 Å². The molecule has 2 aromatic rings. The van der Waals surface area contributed by atoms with Crippen molar-refractivity contribution in [1.29, 1.82) is 0 Å². The van der Waals surface area contributed by atoms with Gasteiger partial charge in [-0.3, -0.25) is 0 Å². The second kappa shape index (κ2) is 11.0. The van der Waals surface area contributed by atoms with E-state index in [0.717, 1.165) is 30.6 Å². The van der Waals surface area contributed by atoms with E-state index in [-0.39, 0.29) is 0 Å². The maximum Gasteiger partial charge on any atom is 0.119 e. The van der Waals surface area contributed by atoms with Gasteiger partial charge in [-0.05, 0) is 48.1 Å². The molecule has 2 rings (SSSR count). The second-order valence-corrected chi connectivity index (χ2v) is 6.78. The Bertz CT molecular complexity index is 621. The van der Waals surface area contributed by atoms with Crippen molar-refractivity contribution in [2.45, 2.75) is 57.8 Å². The molecular weight excluding hydrogens is 316 g/mol. The van der Waals surface area contributed by atoms with Gasteiger partial charge in [0.05, 0.1) is 0 Å². The van der Waals surface area contributed by atoms with E-state index in [1.54, 1.807) is 0 Å². The van der Waals surface area contributed by atoms with Crippen molar-refractivity contribution in [1.82, 2.24) is 0 Å². The second-order valence-electron chi connectivity index (χ2n) is 6.35. The summed E-state index contributed by atoms with van der Waals surface area (Å²) >= 11 is 6.13. The minimum Gasteiger partial charge on any atom is -0.303 e. The van der Waals surface area contributed by atoms with Gasteiger partial charge in [-0.15, -0.1) is 0 Å². The van der Waals surface area contributed by atoms with Crippen LogP contribution in [0.25, 0.3) is 11.1 Å². The minimum atomic E-state index is 0.723. The van der Waals surface area contributed by atoms with Crippen LogP contribution in [-0.2, 0) is 11.2 Å². The summed E-state index contributed by atoms with van der Waals surface area (Å²) in [6.07, 6.45) is 11.4. The van der Waals surface area contributed by atoms with Gasteiger partial charge in [0.2, 0.25) is 0 Å². The molecule has 0 aliphatic rings. The fourth-order valence-corrected chi connectivity index (χ4v) is 3.29. The first-order valence-electron chi connectivity index (χ1n) is 9.09. The van der Waals surface area contributed by atoms with Crippen LogP contribution in [0, 0.1) is 0 Å². The highest BCUT2D eigenvalue weighted by atomic mass is 35.5. The summed E-state index contributed by atoms with van der Waals surface area (Å²) in [6, 6.07) is 16.7. The molecule has 0 bridgehead atoms. The zero-order valence-corrected chi connectivity index (χ0v) is 15.1. The van der Waals surface area contributed by atoms with Crippen LogP contribution in [0.1, 0.15) is 56.9 Å². The molecule has 0 aromatic heterocycles. The summed E-state index contributed by atoms with van der Waals surface area (Å²) in [4.78, 5) is 10.3.